The molecule has 1 N–H and O–H groups in total. The van der Waals surface area contributed by atoms with Gasteiger partial charge in [0.25, 0.3) is 0 Å². The van der Waals surface area contributed by atoms with Gasteiger partial charge in [0.2, 0.25) is 0 Å². The number of aryl methyl sites for hydroxylation is 1. The van der Waals surface area contributed by atoms with Crippen LogP contribution in [0.1, 0.15) is 43.0 Å². The molecule has 2 rings (SSSR count). The van der Waals surface area contributed by atoms with Gasteiger partial charge in [0, 0.05) is 37.9 Å². The molecule has 84 valence electrons. The first kappa shape index (κ1) is 10.6. The fourth-order valence-electron chi connectivity index (χ4n) is 2.13. The predicted molar refractivity (Wildman–Crippen MR) is 56.6 cm³/mol. The van der Waals surface area contributed by atoms with Gasteiger partial charge in [0.05, 0.1) is 11.8 Å². The molecule has 0 bridgehead atoms. The maximum absolute atomic E-state index is 9.66. The Kier molecular flexibility index (Phi) is 3.07. The summed E-state index contributed by atoms with van der Waals surface area (Å²) in [6.45, 7) is 3.40. The minimum Gasteiger partial charge on any atom is -0.389 e. The minimum absolute atomic E-state index is 0.434. The maximum Gasteiger partial charge on any atom is 0.0795 e. The highest BCUT2D eigenvalue weighted by atomic mass is 16.5. The van der Waals surface area contributed by atoms with Crippen LogP contribution < -0.4 is 0 Å². The fraction of sp³-hybridized carbons (Fsp3) is 0.727. The highest BCUT2D eigenvalue weighted by molar-refractivity contribution is 5.23. The molecular formula is C11H18N2O2. The second kappa shape index (κ2) is 4.33. The van der Waals surface area contributed by atoms with Crippen molar-refractivity contribution >= 4 is 0 Å². The molecule has 0 amide bonds. The lowest BCUT2D eigenvalue weighted by Gasteiger charge is -2.21. The van der Waals surface area contributed by atoms with Crippen molar-refractivity contribution in [2.75, 3.05) is 13.2 Å². The number of ether oxygens (including phenoxy) is 1. The summed E-state index contributed by atoms with van der Waals surface area (Å²) in [6, 6.07) is 0. The van der Waals surface area contributed by atoms with E-state index in [1.807, 2.05) is 13.2 Å². The van der Waals surface area contributed by atoms with Gasteiger partial charge in [-0.1, -0.05) is 0 Å². The molecule has 1 aliphatic heterocycles. The molecule has 4 heteroatoms. The first-order chi connectivity index (χ1) is 7.18. The van der Waals surface area contributed by atoms with Crippen molar-refractivity contribution in [3.63, 3.8) is 0 Å². The van der Waals surface area contributed by atoms with Crippen molar-refractivity contribution in [1.82, 2.24) is 9.78 Å². The van der Waals surface area contributed by atoms with Crippen LogP contribution in [0.2, 0.25) is 0 Å². The number of nitrogens with zero attached hydrogens (tertiary/aromatic N) is 2. The SMILES string of the molecule is C[C@@H](O)c1cn(C)nc1C1CCOCC1. The van der Waals surface area contributed by atoms with E-state index in [1.165, 1.54) is 0 Å². The number of aliphatic hydroxyl groups excluding tert-OH is 1. The van der Waals surface area contributed by atoms with Crippen molar-refractivity contribution in [1.29, 1.82) is 0 Å². The molecule has 1 atom stereocenters. The van der Waals surface area contributed by atoms with Gasteiger partial charge >= 0.3 is 0 Å². The van der Waals surface area contributed by atoms with Crippen LogP contribution in [0, 0.1) is 0 Å². The van der Waals surface area contributed by atoms with Gasteiger partial charge in [-0.25, -0.2) is 0 Å². The third kappa shape index (κ3) is 2.21. The summed E-state index contributed by atoms with van der Waals surface area (Å²) >= 11 is 0. The molecule has 1 saturated heterocycles. The Morgan fingerprint density at radius 2 is 2.20 bits per heavy atom. The smallest absolute Gasteiger partial charge is 0.0795 e. The van der Waals surface area contributed by atoms with Gasteiger partial charge in [0.15, 0.2) is 0 Å². The quantitative estimate of drug-likeness (QED) is 0.802. The molecule has 4 nitrogen and oxygen atoms in total. The van der Waals surface area contributed by atoms with Crippen molar-refractivity contribution in [2.24, 2.45) is 7.05 Å². The monoisotopic (exact) mass is 210 g/mol. The van der Waals surface area contributed by atoms with Gasteiger partial charge in [0.1, 0.15) is 0 Å². The van der Waals surface area contributed by atoms with Crippen molar-refractivity contribution in [3.8, 4) is 0 Å². The van der Waals surface area contributed by atoms with E-state index in [4.69, 9.17) is 4.74 Å². The van der Waals surface area contributed by atoms with E-state index in [9.17, 15) is 5.11 Å². The summed E-state index contributed by atoms with van der Waals surface area (Å²) in [5, 5.41) is 14.1. The van der Waals surface area contributed by atoms with Crippen LogP contribution in [-0.2, 0) is 11.8 Å². The zero-order chi connectivity index (χ0) is 10.8. The third-order valence-electron chi connectivity index (χ3n) is 2.95. The van der Waals surface area contributed by atoms with Crippen LogP contribution >= 0.6 is 0 Å². The second-order valence-corrected chi connectivity index (χ2v) is 4.21. The van der Waals surface area contributed by atoms with E-state index in [-0.39, 0.29) is 0 Å². The average Bonchev–Trinajstić information content (AvgIpc) is 2.62. The Morgan fingerprint density at radius 3 is 2.80 bits per heavy atom. The lowest BCUT2D eigenvalue weighted by atomic mass is 9.93. The van der Waals surface area contributed by atoms with E-state index in [2.05, 4.69) is 5.10 Å². The van der Waals surface area contributed by atoms with E-state index < -0.39 is 6.10 Å². The largest absolute Gasteiger partial charge is 0.389 e. The number of aromatic nitrogens is 2. The Hall–Kier alpha value is -0.870. The summed E-state index contributed by atoms with van der Waals surface area (Å²) in [4.78, 5) is 0. The Balaban J connectivity index is 2.25. The van der Waals surface area contributed by atoms with Gasteiger partial charge < -0.3 is 9.84 Å². The Labute approximate surface area is 89.9 Å². The molecule has 0 saturated carbocycles. The van der Waals surface area contributed by atoms with Crippen LogP contribution in [0.4, 0.5) is 0 Å². The highest BCUT2D eigenvalue weighted by Crippen LogP contribution is 2.30. The van der Waals surface area contributed by atoms with Crippen LogP contribution in [0.3, 0.4) is 0 Å². The first-order valence-electron chi connectivity index (χ1n) is 5.47. The summed E-state index contributed by atoms with van der Waals surface area (Å²) in [7, 11) is 1.90. The van der Waals surface area contributed by atoms with Crippen molar-refractivity contribution in [2.45, 2.75) is 31.8 Å². The van der Waals surface area contributed by atoms with Crippen LogP contribution in [0.25, 0.3) is 0 Å². The highest BCUT2D eigenvalue weighted by Gasteiger charge is 2.23. The lowest BCUT2D eigenvalue weighted by molar-refractivity contribution is 0.0835. The topological polar surface area (TPSA) is 47.3 Å². The molecule has 0 spiro atoms. The molecule has 1 aromatic rings. The van der Waals surface area contributed by atoms with Gasteiger partial charge in [-0.2, -0.15) is 5.10 Å². The molecule has 1 aliphatic rings. The zero-order valence-electron chi connectivity index (χ0n) is 9.31. The maximum atomic E-state index is 9.66. The third-order valence-corrected chi connectivity index (χ3v) is 2.95. The first-order valence-corrected chi connectivity index (χ1v) is 5.47. The summed E-state index contributed by atoms with van der Waals surface area (Å²) < 4.78 is 7.12. The fourth-order valence-corrected chi connectivity index (χ4v) is 2.13. The summed E-state index contributed by atoms with van der Waals surface area (Å²) in [5.74, 6) is 0.449. The second-order valence-electron chi connectivity index (χ2n) is 4.21. The molecule has 0 radical (unpaired) electrons. The molecule has 0 aliphatic carbocycles. The van der Waals surface area contributed by atoms with Gasteiger partial charge in [-0.15, -0.1) is 0 Å². The molecule has 15 heavy (non-hydrogen) atoms. The molecule has 2 heterocycles. The summed E-state index contributed by atoms with van der Waals surface area (Å²) in [5.41, 5.74) is 2.01. The molecule has 1 aromatic heterocycles. The number of aliphatic hydroxyl groups is 1. The molecule has 0 unspecified atom stereocenters. The van der Waals surface area contributed by atoms with E-state index in [0.29, 0.717) is 5.92 Å². The molecule has 0 aromatic carbocycles. The van der Waals surface area contributed by atoms with Crippen LogP contribution in [0.5, 0.6) is 0 Å². The number of rotatable bonds is 2. The summed E-state index contributed by atoms with van der Waals surface area (Å²) in [6.07, 6.45) is 3.50. The standard InChI is InChI=1S/C11H18N2O2/c1-8(14)10-7-13(2)12-11(10)9-3-5-15-6-4-9/h7-9,14H,3-6H2,1-2H3/t8-/m1/s1. The van der Waals surface area contributed by atoms with Gasteiger partial charge in [-0.05, 0) is 19.8 Å². The minimum atomic E-state index is -0.434. The lowest BCUT2D eigenvalue weighted by Crippen LogP contribution is -2.16. The Bertz CT molecular complexity index is 327. The average molecular weight is 210 g/mol. The van der Waals surface area contributed by atoms with E-state index in [0.717, 1.165) is 37.3 Å². The number of hydrogen-bond acceptors (Lipinski definition) is 3. The Morgan fingerprint density at radius 1 is 1.53 bits per heavy atom. The van der Waals surface area contributed by atoms with Crippen molar-refractivity contribution in [3.05, 3.63) is 17.5 Å². The molecule has 1 fully saturated rings. The van der Waals surface area contributed by atoms with Gasteiger partial charge in [-0.3, -0.25) is 4.68 Å². The van der Waals surface area contributed by atoms with Crippen LogP contribution in [-0.4, -0.2) is 28.1 Å². The van der Waals surface area contributed by atoms with Crippen molar-refractivity contribution < 1.29 is 9.84 Å². The number of hydrogen-bond donors (Lipinski definition) is 1. The van der Waals surface area contributed by atoms with E-state index in [1.54, 1.807) is 11.6 Å². The normalized spacial score (nSPS) is 20.5. The van der Waals surface area contributed by atoms with E-state index >= 15 is 0 Å². The van der Waals surface area contributed by atoms with Crippen LogP contribution in [0.15, 0.2) is 6.20 Å². The zero-order valence-corrected chi connectivity index (χ0v) is 9.31. The molecular weight excluding hydrogens is 192 g/mol. The predicted octanol–water partition coefficient (Wildman–Crippen LogP) is 1.37.